The molecule has 1 aliphatic carbocycles. The Hall–Kier alpha value is -3.43. The Balaban J connectivity index is 1.57. The van der Waals surface area contributed by atoms with Crippen LogP contribution in [-0.2, 0) is 28.0 Å². The van der Waals surface area contributed by atoms with Gasteiger partial charge in [-0.15, -0.1) is 13.2 Å². The van der Waals surface area contributed by atoms with Crippen LogP contribution in [0.2, 0.25) is 0 Å². The summed E-state index contributed by atoms with van der Waals surface area (Å²) in [4.78, 5) is 4.46. The van der Waals surface area contributed by atoms with Crippen LogP contribution in [0.5, 0.6) is 0 Å². The average molecular weight is 631 g/mol. The third-order valence-corrected chi connectivity index (χ3v) is 9.49. The van der Waals surface area contributed by atoms with E-state index in [0.717, 1.165) is 17.4 Å². The molecule has 5 rings (SSSR count). The summed E-state index contributed by atoms with van der Waals surface area (Å²) in [7, 11) is -2.64. The number of halogens is 6. The number of aryl methyl sites for hydroxylation is 2. The minimum atomic E-state index is -4.75. The van der Waals surface area contributed by atoms with Gasteiger partial charge >= 0.3 is 12.5 Å². The third kappa shape index (κ3) is 6.47. The predicted molar refractivity (Wildman–Crippen MR) is 144 cm³/mol. The summed E-state index contributed by atoms with van der Waals surface area (Å²) in [5.74, 6) is -0.261. The largest absolute Gasteiger partial charge is 0.522 e. The normalized spacial score (nSPS) is 18.0. The maximum absolute atomic E-state index is 14.0. The summed E-state index contributed by atoms with van der Waals surface area (Å²) >= 11 is 0.851. The van der Waals surface area contributed by atoms with Gasteiger partial charge in [-0.3, -0.25) is 14.1 Å². The number of ether oxygens (including phenoxy) is 1. The smallest absolute Gasteiger partial charge is 0.289 e. The second kappa shape index (κ2) is 11.0. The number of alkyl halides is 6. The Labute approximate surface area is 241 Å². The fraction of sp³-hybridized carbons (Fsp3) is 0.333. The average Bonchev–Trinajstić information content (AvgIpc) is 3.61. The van der Waals surface area contributed by atoms with Crippen molar-refractivity contribution in [1.29, 1.82) is 0 Å². The molecule has 4 aromatic rings. The number of hydrogen-bond donors (Lipinski definition) is 1. The summed E-state index contributed by atoms with van der Waals surface area (Å²) in [6.07, 6.45) is -8.39. The second-order valence-corrected chi connectivity index (χ2v) is 12.6. The summed E-state index contributed by atoms with van der Waals surface area (Å²) in [5.41, 5.74) is 0.0757. The Morgan fingerprint density at radius 2 is 1.79 bits per heavy atom. The Morgan fingerprint density at radius 3 is 2.45 bits per heavy atom. The molecule has 0 aliphatic heterocycles. The Morgan fingerprint density at radius 1 is 1.05 bits per heavy atom. The highest BCUT2D eigenvalue weighted by Crippen LogP contribution is 2.46. The van der Waals surface area contributed by atoms with Crippen LogP contribution in [0.1, 0.15) is 42.0 Å². The monoisotopic (exact) mass is 630 g/mol. The first-order chi connectivity index (χ1) is 19.6. The minimum Gasteiger partial charge on any atom is -0.289 e. The first-order valence-corrected chi connectivity index (χ1v) is 15.0. The number of nitrogens with zero attached hydrogens (tertiary/aromatic N) is 3. The van der Waals surface area contributed by atoms with Gasteiger partial charge in [-0.05, 0) is 55.4 Å². The SMILES string of the molecule is Cc1nn(C)cc1S(=O)(=O)Nc1nc(-c2ccccc2C(F)(F)F)c(-c2cccc([C@H]3CC[C@@H](OC(F)(F)F)C3)c2)s1. The van der Waals surface area contributed by atoms with E-state index in [9.17, 15) is 34.8 Å². The minimum absolute atomic E-state index is 0.0876. The summed E-state index contributed by atoms with van der Waals surface area (Å²) in [6.45, 7) is 1.51. The maximum Gasteiger partial charge on any atom is 0.522 e. The highest BCUT2D eigenvalue weighted by Gasteiger charge is 2.38. The zero-order valence-corrected chi connectivity index (χ0v) is 23.8. The first-order valence-electron chi connectivity index (χ1n) is 12.7. The molecule has 0 saturated heterocycles. The van der Waals surface area contributed by atoms with Gasteiger partial charge in [0.15, 0.2) is 5.13 Å². The summed E-state index contributed by atoms with van der Waals surface area (Å²) < 4.78 is 114. The molecule has 1 saturated carbocycles. The van der Waals surface area contributed by atoms with Crippen molar-refractivity contribution in [3.63, 3.8) is 0 Å². The lowest BCUT2D eigenvalue weighted by molar-refractivity contribution is -0.341. The number of aromatic nitrogens is 3. The van der Waals surface area contributed by atoms with Crippen LogP contribution < -0.4 is 4.72 Å². The second-order valence-electron chi connectivity index (χ2n) is 9.92. The summed E-state index contributed by atoms with van der Waals surface area (Å²) in [6, 6.07) is 11.6. The van der Waals surface area contributed by atoms with Crippen molar-refractivity contribution in [2.24, 2.45) is 7.05 Å². The van der Waals surface area contributed by atoms with E-state index in [2.05, 4.69) is 19.5 Å². The van der Waals surface area contributed by atoms with E-state index >= 15 is 0 Å². The first kappa shape index (κ1) is 30.0. The number of nitrogens with one attached hydrogen (secondary N) is 1. The van der Waals surface area contributed by atoms with Crippen molar-refractivity contribution in [2.45, 2.75) is 55.6 Å². The number of sulfonamides is 1. The molecule has 42 heavy (non-hydrogen) atoms. The van der Waals surface area contributed by atoms with E-state index in [4.69, 9.17) is 0 Å². The molecule has 2 aromatic carbocycles. The Kier molecular flexibility index (Phi) is 7.87. The Bertz CT molecular complexity index is 1710. The van der Waals surface area contributed by atoms with Crippen LogP contribution in [-0.4, -0.2) is 35.6 Å². The van der Waals surface area contributed by atoms with Crippen molar-refractivity contribution >= 4 is 26.5 Å². The summed E-state index contributed by atoms with van der Waals surface area (Å²) in [5, 5.41) is 3.87. The lowest BCUT2D eigenvalue weighted by Crippen LogP contribution is -2.21. The molecule has 224 valence electrons. The standard InChI is InChI=1S/C27H24F6N4O3S2/c1-15-22(14-37(2)35-15)42(38,39)36-25-34-23(20-8-3-4-9-21(20)26(28,29)30)24(41-25)18-7-5-6-16(12-18)17-10-11-19(13-17)40-27(31,32)33/h3-9,12,14,17,19H,10-11,13H2,1-2H3,(H,34,36)/t17-,19+/m0/s1. The van der Waals surface area contributed by atoms with Gasteiger partial charge in [-0.2, -0.15) is 18.3 Å². The highest BCUT2D eigenvalue weighted by atomic mass is 32.2. The van der Waals surface area contributed by atoms with Crippen LogP contribution in [0, 0.1) is 6.92 Å². The van der Waals surface area contributed by atoms with Gasteiger partial charge in [-0.1, -0.05) is 47.7 Å². The van der Waals surface area contributed by atoms with E-state index < -0.39 is 34.2 Å². The molecule has 0 unspecified atom stereocenters. The lowest BCUT2D eigenvalue weighted by atomic mass is 9.94. The van der Waals surface area contributed by atoms with Crippen LogP contribution in [0.15, 0.2) is 59.6 Å². The molecule has 15 heteroatoms. The number of rotatable bonds is 7. The van der Waals surface area contributed by atoms with E-state index in [1.165, 1.54) is 36.0 Å². The highest BCUT2D eigenvalue weighted by molar-refractivity contribution is 7.93. The topological polar surface area (TPSA) is 86.1 Å². The third-order valence-electron chi connectivity index (χ3n) is 6.90. The van der Waals surface area contributed by atoms with Gasteiger partial charge in [0, 0.05) is 18.8 Å². The van der Waals surface area contributed by atoms with Crippen molar-refractivity contribution in [3.05, 3.63) is 71.5 Å². The van der Waals surface area contributed by atoms with Crippen molar-refractivity contribution in [1.82, 2.24) is 14.8 Å². The van der Waals surface area contributed by atoms with Gasteiger partial charge in [-0.25, -0.2) is 13.4 Å². The van der Waals surface area contributed by atoms with Crippen molar-refractivity contribution < 1.29 is 39.5 Å². The van der Waals surface area contributed by atoms with Crippen molar-refractivity contribution in [2.75, 3.05) is 4.72 Å². The number of hydrogen-bond acceptors (Lipinski definition) is 6. The van der Waals surface area contributed by atoms with Gasteiger partial charge in [0.05, 0.1) is 27.9 Å². The molecule has 0 bridgehead atoms. The van der Waals surface area contributed by atoms with Crippen LogP contribution >= 0.6 is 11.3 Å². The molecule has 1 aliphatic rings. The molecular formula is C27H24F6N4O3S2. The molecule has 1 N–H and O–H groups in total. The fourth-order valence-corrected chi connectivity index (χ4v) is 7.59. The van der Waals surface area contributed by atoms with Crippen molar-refractivity contribution in [3.8, 4) is 21.7 Å². The van der Waals surface area contributed by atoms with E-state index in [1.807, 2.05) is 0 Å². The van der Waals surface area contributed by atoms with Crippen LogP contribution in [0.4, 0.5) is 31.5 Å². The molecule has 7 nitrogen and oxygen atoms in total. The lowest BCUT2D eigenvalue weighted by Gasteiger charge is -2.15. The van der Waals surface area contributed by atoms with Gasteiger partial charge in [0.2, 0.25) is 0 Å². The molecule has 2 aromatic heterocycles. The number of anilines is 1. The molecule has 0 radical (unpaired) electrons. The van der Waals surface area contributed by atoms with Gasteiger partial charge in [0.1, 0.15) is 4.90 Å². The molecule has 2 heterocycles. The van der Waals surface area contributed by atoms with Gasteiger partial charge < -0.3 is 0 Å². The molecule has 2 atom stereocenters. The zero-order chi connectivity index (χ0) is 30.4. The van der Waals surface area contributed by atoms with E-state index in [0.29, 0.717) is 17.5 Å². The van der Waals surface area contributed by atoms with Crippen LogP contribution in [0.3, 0.4) is 0 Å². The molecule has 0 spiro atoms. The van der Waals surface area contributed by atoms with Gasteiger partial charge in [0.25, 0.3) is 10.0 Å². The number of thiazole rings is 1. The van der Waals surface area contributed by atoms with Crippen LogP contribution in [0.25, 0.3) is 21.7 Å². The maximum atomic E-state index is 14.0. The van der Waals surface area contributed by atoms with E-state index in [-0.39, 0.29) is 50.6 Å². The zero-order valence-electron chi connectivity index (χ0n) is 22.1. The quantitative estimate of drug-likeness (QED) is 0.214. The number of benzene rings is 2. The van der Waals surface area contributed by atoms with E-state index in [1.54, 1.807) is 31.3 Å². The predicted octanol–water partition coefficient (Wildman–Crippen LogP) is 7.51. The molecular weight excluding hydrogens is 606 g/mol. The molecule has 1 fully saturated rings. The fourth-order valence-electron chi connectivity index (χ4n) is 5.16. The molecule has 0 amide bonds.